The molecule has 3 aromatic rings. The number of aryl methyl sites for hydroxylation is 1. The lowest BCUT2D eigenvalue weighted by atomic mass is 9.97. The minimum absolute atomic E-state index is 0.0266. The van der Waals surface area contributed by atoms with Crippen LogP contribution in [0.25, 0.3) is 5.69 Å². The normalized spacial score (nSPS) is 18.8. The molecule has 2 atom stereocenters. The molecule has 1 saturated heterocycles. The van der Waals surface area contributed by atoms with E-state index in [1.807, 2.05) is 18.3 Å². The predicted molar refractivity (Wildman–Crippen MR) is 123 cm³/mol. The summed E-state index contributed by atoms with van der Waals surface area (Å²) in [6.45, 7) is 4.35. The molecule has 0 amide bonds. The van der Waals surface area contributed by atoms with Crippen molar-refractivity contribution in [2.24, 2.45) is 0 Å². The summed E-state index contributed by atoms with van der Waals surface area (Å²) in [6.07, 6.45) is 1.84. The van der Waals surface area contributed by atoms with E-state index in [2.05, 4.69) is 96.1 Å². The summed E-state index contributed by atoms with van der Waals surface area (Å²) in [5.41, 5.74) is 7.07. The van der Waals surface area contributed by atoms with Crippen LogP contribution in [0.15, 0.2) is 54.7 Å². The number of thiocarbonyl (C=S) groups is 1. The Labute approximate surface area is 178 Å². The van der Waals surface area contributed by atoms with Gasteiger partial charge in [-0.1, -0.05) is 6.07 Å². The van der Waals surface area contributed by atoms with Gasteiger partial charge in [-0.2, -0.15) is 0 Å². The van der Waals surface area contributed by atoms with Crippen LogP contribution in [0.5, 0.6) is 0 Å². The van der Waals surface area contributed by atoms with Crippen LogP contribution in [0.1, 0.15) is 34.7 Å². The van der Waals surface area contributed by atoms with Crippen molar-refractivity contribution < 1.29 is 0 Å². The Morgan fingerprint density at radius 2 is 1.79 bits per heavy atom. The molecule has 29 heavy (non-hydrogen) atoms. The molecular weight excluding hydrogens is 378 g/mol. The van der Waals surface area contributed by atoms with E-state index in [1.54, 1.807) is 0 Å². The van der Waals surface area contributed by atoms with Crippen LogP contribution in [0.4, 0.5) is 5.69 Å². The summed E-state index contributed by atoms with van der Waals surface area (Å²) in [4.78, 5) is 8.85. The second kappa shape index (κ2) is 7.52. The first-order chi connectivity index (χ1) is 13.9. The van der Waals surface area contributed by atoms with E-state index in [1.165, 1.54) is 28.3 Å². The van der Waals surface area contributed by atoms with Gasteiger partial charge in [0.1, 0.15) is 0 Å². The molecule has 150 valence electrons. The quantitative estimate of drug-likeness (QED) is 0.660. The number of likely N-dealkylation sites (N-methyl/N-ethyl adjacent to an activating group) is 1. The van der Waals surface area contributed by atoms with Gasteiger partial charge in [-0.05, 0) is 74.1 Å². The van der Waals surface area contributed by atoms with E-state index in [0.29, 0.717) is 0 Å². The highest BCUT2D eigenvalue weighted by molar-refractivity contribution is 7.80. The Morgan fingerprint density at radius 1 is 1.07 bits per heavy atom. The lowest BCUT2D eigenvalue weighted by Gasteiger charge is -2.24. The van der Waals surface area contributed by atoms with Crippen molar-refractivity contribution in [1.82, 2.24) is 19.8 Å². The molecule has 1 N–H and O–H groups in total. The summed E-state index contributed by atoms with van der Waals surface area (Å²) >= 11 is 5.59. The first kappa shape index (κ1) is 19.5. The highest BCUT2D eigenvalue weighted by Crippen LogP contribution is 2.40. The van der Waals surface area contributed by atoms with Crippen LogP contribution >= 0.6 is 12.2 Å². The fraction of sp³-hybridized carbons (Fsp3) is 0.304. The maximum Gasteiger partial charge on any atom is 0.169 e. The Balaban J connectivity index is 1.77. The van der Waals surface area contributed by atoms with Crippen molar-refractivity contribution in [1.29, 1.82) is 0 Å². The molecule has 1 aromatic carbocycles. The average molecular weight is 406 g/mol. The van der Waals surface area contributed by atoms with Gasteiger partial charge in [-0.25, -0.2) is 0 Å². The van der Waals surface area contributed by atoms with Gasteiger partial charge in [0.25, 0.3) is 0 Å². The number of nitrogens with zero attached hydrogens (tertiary/aromatic N) is 4. The molecule has 0 bridgehead atoms. The number of rotatable bonds is 4. The number of hydrogen-bond acceptors (Lipinski definition) is 3. The fourth-order valence-electron chi connectivity index (χ4n) is 4.23. The van der Waals surface area contributed by atoms with E-state index in [4.69, 9.17) is 12.2 Å². The molecule has 1 fully saturated rings. The first-order valence-electron chi connectivity index (χ1n) is 9.79. The highest BCUT2D eigenvalue weighted by atomic mass is 32.1. The molecule has 0 radical (unpaired) electrons. The summed E-state index contributed by atoms with van der Waals surface area (Å²) in [6, 6.07) is 17.1. The Kier molecular flexibility index (Phi) is 5.04. The van der Waals surface area contributed by atoms with Crippen molar-refractivity contribution in [3.63, 3.8) is 0 Å². The van der Waals surface area contributed by atoms with Gasteiger partial charge >= 0.3 is 0 Å². The lowest BCUT2D eigenvalue weighted by Crippen LogP contribution is -2.25. The summed E-state index contributed by atoms with van der Waals surface area (Å²) in [5.74, 6) is 0. The number of pyridine rings is 1. The Hall–Kier alpha value is -2.86. The minimum atomic E-state index is 0.0266. The molecule has 6 heteroatoms. The molecule has 2 aromatic heterocycles. The highest BCUT2D eigenvalue weighted by Gasteiger charge is 2.39. The Morgan fingerprint density at radius 3 is 2.41 bits per heavy atom. The van der Waals surface area contributed by atoms with Crippen molar-refractivity contribution in [3.8, 4) is 5.69 Å². The molecule has 5 nitrogen and oxygen atoms in total. The van der Waals surface area contributed by atoms with Crippen molar-refractivity contribution in [2.45, 2.75) is 25.9 Å². The van der Waals surface area contributed by atoms with Crippen LogP contribution in [0.2, 0.25) is 0 Å². The van der Waals surface area contributed by atoms with E-state index >= 15 is 0 Å². The van der Waals surface area contributed by atoms with Gasteiger partial charge in [0.15, 0.2) is 5.11 Å². The van der Waals surface area contributed by atoms with Crippen molar-refractivity contribution >= 4 is 23.0 Å². The fourth-order valence-corrected chi connectivity index (χ4v) is 4.47. The van der Waals surface area contributed by atoms with E-state index in [0.717, 1.165) is 10.8 Å². The van der Waals surface area contributed by atoms with Crippen LogP contribution in [-0.4, -0.2) is 40.7 Å². The van der Waals surface area contributed by atoms with Gasteiger partial charge in [0.2, 0.25) is 0 Å². The van der Waals surface area contributed by atoms with Crippen LogP contribution < -0.4 is 10.2 Å². The smallest absolute Gasteiger partial charge is 0.169 e. The van der Waals surface area contributed by atoms with E-state index in [9.17, 15) is 0 Å². The van der Waals surface area contributed by atoms with Crippen LogP contribution in [-0.2, 0) is 0 Å². The zero-order valence-corrected chi connectivity index (χ0v) is 18.4. The first-order valence-corrected chi connectivity index (χ1v) is 10.2. The monoisotopic (exact) mass is 405 g/mol. The molecule has 0 saturated carbocycles. The summed E-state index contributed by atoms with van der Waals surface area (Å²) in [7, 11) is 6.17. The number of benzene rings is 1. The van der Waals surface area contributed by atoms with Gasteiger partial charge in [0.05, 0.1) is 17.8 Å². The standard InChI is InChI=1S/C23H27N5S/c1-15-14-19(16(2)28(15)18-11-9-17(10-12-18)26(3)4)22-21(25-23(29)27(22)5)20-8-6-7-13-24-20/h6-14,21-22H,1-5H3,(H,25,29)/t21-,22+/m1/s1. The SMILES string of the molecule is Cc1cc([C@H]2[C@@H](c3ccccn3)NC(=S)N2C)c(C)n1-c1ccc(N(C)C)cc1. The number of aromatic nitrogens is 2. The zero-order valence-electron chi connectivity index (χ0n) is 17.5. The second-order valence-electron chi connectivity index (χ2n) is 7.81. The predicted octanol–water partition coefficient (Wildman–Crippen LogP) is 4.16. The zero-order chi connectivity index (χ0) is 20.7. The van der Waals surface area contributed by atoms with Crippen molar-refractivity contribution in [2.75, 3.05) is 26.0 Å². The molecule has 0 spiro atoms. The maximum absolute atomic E-state index is 5.59. The third kappa shape index (κ3) is 3.38. The van der Waals surface area contributed by atoms with Crippen LogP contribution in [0.3, 0.4) is 0 Å². The largest absolute Gasteiger partial charge is 0.378 e. The molecule has 0 aliphatic carbocycles. The molecule has 3 heterocycles. The maximum atomic E-state index is 5.59. The van der Waals surface area contributed by atoms with E-state index < -0.39 is 0 Å². The third-order valence-corrected chi connectivity index (χ3v) is 6.16. The molecule has 4 rings (SSSR count). The lowest BCUT2D eigenvalue weighted by molar-refractivity contribution is 0.367. The van der Waals surface area contributed by atoms with Gasteiger partial charge in [-0.15, -0.1) is 0 Å². The molecule has 1 aliphatic rings. The summed E-state index contributed by atoms with van der Waals surface area (Å²) in [5, 5.41) is 4.22. The van der Waals surface area contributed by atoms with Crippen LogP contribution in [0, 0.1) is 13.8 Å². The topological polar surface area (TPSA) is 36.3 Å². The van der Waals surface area contributed by atoms with Gasteiger partial charge in [-0.3, -0.25) is 4.98 Å². The number of anilines is 1. The molecular formula is C23H27N5S. The van der Waals surface area contributed by atoms with Gasteiger partial charge in [0, 0.05) is 50.1 Å². The number of hydrogen-bond donors (Lipinski definition) is 1. The summed E-state index contributed by atoms with van der Waals surface area (Å²) < 4.78 is 2.32. The van der Waals surface area contributed by atoms with Crippen molar-refractivity contribution in [3.05, 3.63) is 77.4 Å². The Bertz CT molecular complexity index is 1020. The average Bonchev–Trinajstić information content (AvgIpc) is 3.17. The van der Waals surface area contributed by atoms with Gasteiger partial charge < -0.3 is 19.7 Å². The molecule has 1 aliphatic heterocycles. The molecule has 0 unspecified atom stereocenters. The second-order valence-corrected chi connectivity index (χ2v) is 8.20. The minimum Gasteiger partial charge on any atom is -0.378 e. The third-order valence-electron chi connectivity index (χ3n) is 5.75. The van der Waals surface area contributed by atoms with E-state index in [-0.39, 0.29) is 12.1 Å². The number of nitrogens with one attached hydrogen (secondary N) is 1.